The third-order valence-electron chi connectivity index (χ3n) is 4.35. The second kappa shape index (κ2) is 10.6. The van der Waals surface area contributed by atoms with Gasteiger partial charge in [-0.3, -0.25) is 0 Å². The smallest absolute Gasteiger partial charge is 0.317 e. The number of nitrogen functional groups attached to an aromatic ring is 1. The van der Waals surface area contributed by atoms with Crippen LogP contribution in [0.25, 0.3) is 22.4 Å². The zero-order chi connectivity index (χ0) is 24.8. The molecule has 176 valence electrons. The van der Waals surface area contributed by atoms with E-state index < -0.39 is 39.3 Å². The fourth-order valence-corrected chi connectivity index (χ4v) is 3.55. The van der Waals surface area contributed by atoms with Crippen molar-refractivity contribution in [1.29, 1.82) is 0 Å². The van der Waals surface area contributed by atoms with Crippen LogP contribution in [0, 0.1) is 6.92 Å². The number of rotatable bonds is 5. The summed E-state index contributed by atoms with van der Waals surface area (Å²) in [6.45, 7) is 1.84. The predicted molar refractivity (Wildman–Crippen MR) is 116 cm³/mol. The molecule has 0 fully saturated rings. The summed E-state index contributed by atoms with van der Waals surface area (Å²) in [5.74, 6) is 3.30. The quantitative estimate of drug-likeness (QED) is 0.353. The highest BCUT2D eigenvalue weighted by Gasteiger charge is 2.36. The molecule has 9 nitrogen and oxygen atoms in total. The van der Waals surface area contributed by atoms with E-state index in [2.05, 4.69) is 15.4 Å². The maximum atomic E-state index is 13.3. The van der Waals surface area contributed by atoms with Gasteiger partial charge in [0.05, 0.1) is 16.2 Å². The largest absolute Gasteiger partial charge is 0.451 e. The maximum absolute atomic E-state index is 13.3. The minimum atomic E-state index is -4.79. The van der Waals surface area contributed by atoms with Crippen LogP contribution >= 0.6 is 0 Å². The van der Waals surface area contributed by atoms with Crippen molar-refractivity contribution >= 4 is 27.2 Å². The number of hydrazine groups is 1. The van der Waals surface area contributed by atoms with Gasteiger partial charge in [0.15, 0.2) is 15.7 Å². The molecule has 0 aliphatic rings. The van der Waals surface area contributed by atoms with Crippen molar-refractivity contribution in [3.63, 3.8) is 0 Å². The number of anilines is 1. The van der Waals surface area contributed by atoms with Crippen molar-refractivity contribution in [2.24, 2.45) is 11.6 Å². The van der Waals surface area contributed by atoms with E-state index >= 15 is 0 Å². The van der Waals surface area contributed by atoms with Crippen molar-refractivity contribution in [1.82, 2.24) is 9.97 Å². The zero-order valence-electron chi connectivity index (χ0n) is 17.0. The summed E-state index contributed by atoms with van der Waals surface area (Å²) in [6.07, 6.45) is -4.79. The molecule has 1 aromatic heterocycles. The van der Waals surface area contributed by atoms with Gasteiger partial charge >= 0.3 is 17.7 Å². The van der Waals surface area contributed by atoms with Gasteiger partial charge in [-0.1, -0.05) is 42.0 Å². The fraction of sp³-hybridized carbons (Fsp3) is 0.158. The number of hydrogen-bond acceptors (Lipinski definition) is 9. The Morgan fingerprint density at radius 2 is 1.48 bits per heavy atom. The molecule has 0 saturated heterocycles. The molecule has 0 unspecified atom stereocenters. The van der Waals surface area contributed by atoms with E-state index in [9.17, 15) is 21.6 Å². The van der Waals surface area contributed by atoms with Gasteiger partial charge in [0.1, 0.15) is 5.88 Å². The Balaban J connectivity index is 0.00000122. The molecule has 0 saturated carbocycles. The third kappa shape index (κ3) is 6.19. The molecule has 5 N–H and O–H groups in total. The highest BCUT2D eigenvalue weighted by molar-refractivity contribution is 7.91. The monoisotopic (exact) mass is 501 g/mol. The number of hydrogen-bond donors (Lipinski definition) is 3. The number of aromatic nitrogens is 2. The Labute approximate surface area is 190 Å². The molecule has 0 amide bonds. The van der Waals surface area contributed by atoms with Gasteiger partial charge in [0, 0.05) is 5.56 Å². The van der Waals surface area contributed by atoms with E-state index in [1.54, 1.807) is 24.3 Å². The van der Waals surface area contributed by atoms with E-state index in [1.165, 1.54) is 24.3 Å². The van der Waals surface area contributed by atoms with Crippen molar-refractivity contribution in [2.45, 2.75) is 18.0 Å². The van der Waals surface area contributed by atoms with Gasteiger partial charge in [0.25, 0.3) is 0 Å². The van der Waals surface area contributed by atoms with Crippen LogP contribution < -0.4 is 17.0 Å². The topological polar surface area (TPSA) is 158 Å². The Morgan fingerprint density at radius 3 is 1.94 bits per heavy atom. The van der Waals surface area contributed by atoms with Crippen LogP contribution in [-0.2, 0) is 27.6 Å². The van der Waals surface area contributed by atoms with Gasteiger partial charge in [-0.05, 0) is 24.6 Å². The lowest BCUT2D eigenvalue weighted by atomic mass is 9.99. The molecule has 14 heteroatoms. The summed E-state index contributed by atoms with van der Waals surface area (Å²) >= 11 is -0.750. The number of benzene rings is 2. The van der Waals surface area contributed by atoms with Gasteiger partial charge in [-0.25, -0.2) is 24.2 Å². The van der Waals surface area contributed by atoms with Crippen molar-refractivity contribution in [3.05, 3.63) is 59.9 Å². The molecule has 2 aromatic carbocycles. The van der Waals surface area contributed by atoms with E-state index in [1.807, 2.05) is 6.92 Å². The van der Waals surface area contributed by atoms with Crippen LogP contribution in [0.1, 0.15) is 11.4 Å². The third-order valence-corrected chi connectivity index (χ3v) is 5.78. The standard InChI is InChI=1S/C19H18F3N5O2S.O2S/c1-11-2-4-13(5-3-11)16-15(17(27-24)26-18(25-16)19(20,21)22)12-6-8-14(9-7-12)30(28,29)10-23;1-3-2/h2-9H,10,23-24H2,1H3,(H,25,26,27);. The number of nitrogens with two attached hydrogens (primary N) is 2. The summed E-state index contributed by atoms with van der Waals surface area (Å²) in [6, 6.07) is 12.2. The first-order chi connectivity index (χ1) is 15.5. The van der Waals surface area contributed by atoms with Crippen molar-refractivity contribution in [3.8, 4) is 22.4 Å². The van der Waals surface area contributed by atoms with Gasteiger partial charge in [0.2, 0.25) is 5.82 Å². The number of nitrogens with zero attached hydrogens (tertiary/aromatic N) is 2. The summed E-state index contributed by atoms with van der Waals surface area (Å²) in [5.41, 5.74) is 9.37. The van der Waals surface area contributed by atoms with E-state index in [0.717, 1.165) is 5.56 Å². The van der Waals surface area contributed by atoms with E-state index in [4.69, 9.17) is 20.0 Å². The number of aryl methyl sites for hydroxylation is 1. The molecule has 0 aliphatic carbocycles. The number of halogens is 3. The first-order valence-corrected chi connectivity index (χ1v) is 11.3. The fourth-order valence-electron chi connectivity index (χ4n) is 2.81. The summed E-state index contributed by atoms with van der Waals surface area (Å²) in [7, 11) is -3.65. The minimum absolute atomic E-state index is 0.000271. The second-order valence-electron chi connectivity index (χ2n) is 6.50. The Morgan fingerprint density at radius 1 is 0.970 bits per heavy atom. The molecule has 1 heterocycles. The molecular formula is C19H18F3N5O4S2. The lowest BCUT2D eigenvalue weighted by molar-refractivity contribution is -0.144. The molecule has 33 heavy (non-hydrogen) atoms. The van der Waals surface area contributed by atoms with Gasteiger partial charge in [-0.15, -0.1) is 0 Å². The minimum Gasteiger partial charge on any atom is -0.317 e. The molecule has 0 atom stereocenters. The number of alkyl halides is 3. The normalized spacial score (nSPS) is 11.3. The molecule has 0 bridgehead atoms. The van der Waals surface area contributed by atoms with Crippen LogP contribution in [0.5, 0.6) is 0 Å². The first kappa shape index (κ1) is 26.1. The van der Waals surface area contributed by atoms with Crippen LogP contribution in [0.3, 0.4) is 0 Å². The maximum Gasteiger partial charge on any atom is 0.451 e. The zero-order valence-corrected chi connectivity index (χ0v) is 18.6. The Hall–Kier alpha value is -3.20. The van der Waals surface area contributed by atoms with E-state index in [0.29, 0.717) is 11.1 Å². The Kier molecular flexibility index (Phi) is 8.38. The lowest BCUT2D eigenvalue weighted by Crippen LogP contribution is -2.18. The summed E-state index contributed by atoms with van der Waals surface area (Å²) < 4.78 is 80.5. The van der Waals surface area contributed by atoms with Crippen molar-refractivity contribution < 1.29 is 30.0 Å². The molecule has 0 aliphatic heterocycles. The molecular weight excluding hydrogens is 483 g/mol. The lowest BCUT2D eigenvalue weighted by Gasteiger charge is -2.17. The van der Waals surface area contributed by atoms with Crippen LogP contribution in [-0.4, -0.2) is 32.7 Å². The molecule has 0 radical (unpaired) electrons. The summed E-state index contributed by atoms with van der Waals surface area (Å²) in [5, 5.41) is 0. The molecule has 0 spiro atoms. The van der Waals surface area contributed by atoms with Crippen LogP contribution in [0.2, 0.25) is 0 Å². The highest BCUT2D eigenvalue weighted by atomic mass is 32.2. The number of nitrogens with one attached hydrogen (secondary N) is 1. The van der Waals surface area contributed by atoms with Crippen LogP contribution in [0.4, 0.5) is 19.0 Å². The average molecular weight is 502 g/mol. The Bertz CT molecular complexity index is 1260. The molecule has 3 rings (SSSR count). The highest BCUT2D eigenvalue weighted by Crippen LogP contribution is 2.38. The van der Waals surface area contributed by atoms with Crippen LogP contribution in [0.15, 0.2) is 53.4 Å². The molecule has 3 aromatic rings. The number of sulfone groups is 1. The van der Waals surface area contributed by atoms with E-state index in [-0.39, 0.29) is 22.0 Å². The predicted octanol–water partition coefficient (Wildman–Crippen LogP) is 2.44. The second-order valence-corrected chi connectivity index (χ2v) is 8.67. The van der Waals surface area contributed by atoms with Gasteiger partial charge in [-0.2, -0.15) is 21.6 Å². The average Bonchev–Trinajstić information content (AvgIpc) is 2.78. The SMILES string of the molecule is Cc1ccc(-c2nc(C(F)(F)F)nc(NN)c2-c2ccc(S(=O)(=O)CN)cc2)cc1.O=S=O. The van der Waals surface area contributed by atoms with Crippen molar-refractivity contribution in [2.75, 3.05) is 11.3 Å². The summed E-state index contributed by atoms with van der Waals surface area (Å²) in [4.78, 5) is 7.25. The van der Waals surface area contributed by atoms with Gasteiger partial charge < -0.3 is 11.2 Å². The first-order valence-electron chi connectivity index (χ1n) is 8.96.